The molecule has 0 aliphatic rings. The van der Waals surface area contributed by atoms with E-state index in [1.807, 2.05) is 0 Å². The fraction of sp³-hybridized carbons (Fsp3) is 0.875. The van der Waals surface area contributed by atoms with Crippen LogP contribution in [-0.4, -0.2) is 60.5 Å². The molecular weight excluding hydrogens is 573 g/mol. The topological polar surface area (TPSA) is 155 Å². The molecule has 0 saturated carbocycles. The Balaban J connectivity index is 4.37. The average molecular weight is 636 g/mol. The number of phosphoric acid groups is 1. The summed E-state index contributed by atoms with van der Waals surface area (Å²) in [6.07, 6.45) is 25.6. The number of carboxylic acid groups (broad SMARTS) is 1. The van der Waals surface area contributed by atoms with Crippen molar-refractivity contribution >= 4 is 19.8 Å². The van der Waals surface area contributed by atoms with Crippen molar-refractivity contribution in [2.45, 2.75) is 154 Å². The smallest absolute Gasteiger partial charge is 0.472 e. The number of carboxylic acids is 1. The zero-order valence-corrected chi connectivity index (χ0v) is 28.0. The van der Waals surface area contributed by atoms with Gasteiger partial charge in [0.05, 0.1) is 19.8 Å². The Morgan fingerprint density at radius 1 is 0.721 bits per heavy atom. The van der Waals surface area contributed by atoms with Gasteiger partial charge in [0, 0.05) is 13.0 Å². The molecule has 10 nitrogen and oxygen atoms in total. The SMILES string of the molecule is CCC/C=C\CCCCCCCC(=O)OC(COCCCCCCCCCCCCC)COP(=O)(O)OCC(N)C(=O)O. The third-order valence-electron chi connectivity index (χ3n) is 7.03. The number of phosphoric ester groups is 1. The normalized spacial score (nSPS) is 14.5. The Morgan fingerprint density at radius 2 is 1.26 bits per heavy atom. The van der Waals surface area contributed by atoms with Gasteiger partial charge in [0.2, 0.25) is 0 Å². The van der Waals surface area contributed by atoms with Gasteiger partial charge in [-0.1, -0.05) is 116 Å². The highest BCUT2D eigenvalue weighted by Crippen LogP contribution is 2.43. The molecule has 0 bridgehead atoms. The number of carbonyl (C=O) groups is 2. The minimum atomic E-state index is -4.60. The highest BCUT2D eigenvalue weighted by molar-refractivity contribution is 7.47. The van der Waals surface area contributed by atoms with E-state index in [2.05, 4.69) is 30.5 Å². The molecule has 0 aromatic rings. The predicted molar refractivity (Wildman–Crippen MR) is 171 cm³/mol. The summed E-state index contributed by atoms with van der Waals surface area (Å²) in [6, 6.07) is -1.47. The maximum Gasteiger partial charge on any atom is 0.472 e. The summed E-state index contributed by atoms with van der Waals surface area (Å²) in [5, 5.41) is 8.82. The van der Waals surface area contributed by atoms with Crippen molar-refractivity contribution in [1.29, 1.82) is 0 Å². The van der Waals surface area contributed by atoms with Crippen LogP contribution in [0.25, 0.3) is 0 Å². The van der Waals surface area contributed by atoms with Crippen LogP contribution in [0.5, 0.6) is 0 Å². The molecule has 254 valence electrons. The van der Waals surface area contributed by atoms with E-state index < -0.39 is 45.1 Å². The molecule has 0 aliphatic carbocycles. The third kappa shape index (κ3) is 29.2. The van der Waals surface area contributed by atoms with Crippen LogP contribution in [-0.2, 0) is 32.7 Å². The number of ether oxygens (including phenoxy) is 2. The largest absolute Gasteiger partial charge is 0.480 e. The maximum atomic E-state index is 12.5. The number of nitrogens with two attached hydrogens (primary N) is 1. The van der Waals surface area contributed by atoms with Crippen molar-refractivity contribution in [3.05, 3.63) is 12.2 Å². The molecule has 0 aliphatic heterocycles. The van der Waals surface area contributed by atoms with E-state index in [1.54, 1.807) is 0 Å². The fourth-order valence-corrected chi connectivity index (χ4v) is 5.15. The summed E-state index contributed by atoms with van der Waals surface area (Å²) in [4.78, 5) is 33.2. The Hall–Kier alpha value is -1.29. The Bertz CT molecular complexity index is 750. The van der Waals surface area contributed by atoms with E-state index >= 15 is 0 Å². The van der Waals surface area contributed by atoms with Gasteiger partial charge >= 0.3 is 19.8 Å². The van der Waals surface area contributed by atoms with Gasteiger partial charge in [-0.05, 0) is 32.1 Å². The average Bonchev–Trinajstić information content (AvgIpc) is 2.97. The van der Waals surface area contributed by atoms with Gasteiger partial charge in [-0.15, -0.1) is 0 Å². The zero-order valence-electron chi connectivity index (χ0n) is 27.1. The molecule has 0 aromatic carbocycles. The lowest BCUT2D eigenvalue weighted by atomic mass is 10.1. The summed E-state index contributed by atoms with van der Waals surface area (Å²) in [5.41, 5.74) is 5.31. The van der Waals surface area contributed by atoms with Crippen LogP contribution in [0.1, 0.15) is 142 Å². The van der Waals surface area contributed by atoms with E-state index in [0.29, 0.717) is 13.0 Å². The minimum absolute atomic E-state index is 0.0175. The van der Waals surface area contributed by atoms with Crippen molar-refractivity contribution in [2.24, 2.45) is 5.73 Å². The summed E-state index contributed by atoms with van der Waals surface area (Å²) >= 11 is 0. The van der Waals surface area contributed by atoms with E-state index in [-0.39, 0.29) is 13.0 Å². The Morgan fingerprint density at radius 3 is 1.86 bits per heavy atom. The predicted octanol–water partition coefficient (Wildman–Crippen LogP) is 7.86. The molecule has 3 unspecified atom stereocenters. The van der Waals surface area contributed by atoms with Crippen LogP contribution in [0.4, 0.5) is 0 Å². The molecule has 0 amide bonds. The highest BCUT2D eigenvalue weighted by Gasteiger charge is 2.27. The van der Waals surface area contributed by atoms with Crippen molar-refractivity contribution in [1.82, 2.24) is 0 Å². The lowest BCUT2D eigenvalue weighted by Crippen LogP contribution is -2.34. The number of esters is 1. The van der Waals surface area contributed by atoms with Crippen LogP contribution in [0, 0.1) is 0 Å². The van der Waals surface area contributed by atoms with Crippen LogP contribution >= 0.6 is 7.82 Å². The van der Waals surface area contributed by atoms with Gasteiger partial charge in [-0.2, -0.15) is 0 Å². The van der Waals surface area contributed by atoms with Crippen molar-refractivity contribution in [3.8, 4) is 0 Å². The van der Waals surface area contributed by atoms with Gasteiger partial charge in [0.25, 0.3) is 0 Å². The monoisotopic (exact) mass is 635 g/mol. The summed E-state index contributed by atoms with van der Waals surface area (Å²) in [7, 11) is -4.60. The number of hydrogen-bond acceptors (Lipinski definition) is 8. The Labute approximate surface area is 261 Å². The van der Waals surface area contributed by atoms with Crippen LogP contribution in [0.2, 0.25) is 0 Å². The first-order valence-corrected chi connectivity index (χ1v) is 18.2. The first-order chi connectivity index (χ1) is 20.7. The van der Waals surface area contributed by atoms with Crippen LogP contribution in [0.3, 0.4) is 0 Å². The van der Waals surface area contributed by atoms with Crippen molar-refractivity contribution in [3.63, 3.8) is 0 Å². The molecule has 11 heteroatoms. The van der Waals surface area contributed by atoms with Gasteiger partial charge < -0.3 is 25.2 Å². The molecule has 4 N–H and O–H groups in total. The molecule has 0 heterocycles. The summed E-state index contributed by atoms with van der Waals surface area (Å²) in [5.74, 6) is -1.79. The van der Waals surface area contributed by atoms with Gasteiger partial charge in [0.1, 0.15) is 12.1 Å². The first kappa shape index (κ1) is 41.7. The lowest BCUT2D eigenvalue weighted by molar-refractivity contribution is -0.154. The van der Waals surface area contributed by atoms with E-state index in [0.717, 1.165) is 57.8 Å². The Kier molecular flexibility index (Phi) is 28.5. The van der Waals surface area contributed by atoms with Crippen LogP contribution in [0.15, 0.2) is 12.2 Å². The quantitative estimate of drug-likeness (QED) is 0.0288. The summed E-state index contributed by atoms with van der Waals surface area (Å²) in [6.45, 7) is 3.78. The van der Waals surface area contributed by atoms with Crippen molar-refractivity contribution < 1.29 is 42.7 Å². The number of allylic oxidation sites excluding steroid dienone is 2. The number of carbonyl (C=O) groups excluding carboxylic acids is 1. The number of aliphatic carboxylic acids is 1. The third-order valence-corrected chi connectivity index (χ3v) is 7.98. The number of hydrogen-bond donors (Lipinski definition) is 3. The van der Waals surface area contributed by atoms with E-state index in [1.165, 1.54) is 57.8 Å². The van der Waals surface area contributed by atoms with E-state index in [9.17, 15) is 19.0 Å². The first-order valence-electron chi connectivity index (χ1n) is 16.7. The minimum Gasteiger partial charge on any atom is -0.480 e. The lowest BCUT2D eigenvalue weighted by Gasteiger charge is -2.20. The van der Waals surface area contributed by atoms with Gasteiger partial charge in [-0.3, -0.25) is 18.6 Å². The molecule has 0 rings (SSSR count). The number of rotatable bonds is 32. The molecule has 0 aromatic heterocycles. The second-order valence-electron chi connectivity index (χ2n) is 11.3. The molecular formula is C32H62NO9P. The summed E-state index contributed by atoms with van der Waals surface area (Å²) < 4.78 is 33.0. The fourth-order valence-electron chi connectivity index (χ4n) is 4.37. The zero-order chi connectivity index (χ0) is 32.0. The molecule has 0 saturated heterocycles. The van der Waals surface area contributed by atoms with Crippen molar-refractivity contribution in [2.75, 3.05) is 26.4 Å². The second kappa shape index (κ2) is 29.4. The number of unbranched alkanes of at least 4 members (excludes halogenated alkanes) is 16. The maximum absolute atomic E-state index is 12.5. The standard InChI is InChI=1S/C32H62NO9P/c1-3-5-7-9-11-13-15-17-19-21-23-25-39-26-29(27-40-43(37,38)41-28-30(33)32(35)36)42-31(34)24-22-20-18-16-14-12-10-8-6-4-2/h8,10,29-30H,3-7,9,11-28,33H2,1-2H3,(H,35,36)(H,37,38)/b10-8-. The molecule has 0 spiro atoms. The highest BCUT2D eigenvalue weighted by atomic mass is 31.2. The second-order valence-corrected chi connectivity index (χ2v) is 12.7. The van der Waals surface area contributed by atoms with Gasteiger partial charge in [-0.25, -0.2) is 4.57 Å². The van der Waals surface area contributed by atoms with Gasteiger partial charge in [0.15, 0.2) is 0 Å². The molecule has 0 fully saturated rings. The molecule has 3 atom stereocenters. The van der Waals surface area contributed by atoms with Crippen LogP contribution < -0.4 is 5.73 Å². The van der Waals surface area contributed by atoms with E-state index in [4.69, 9.17) is 24.8 Å². The molecule has 0 radical (unpaired) electrons. The molecule has 43 heavy (non-hydrogen) atoms.